The van der Waals surface area contributed by atoms with Crippen LogP contribution < -0.4 is 0 Å². The fraction of sp³-hybridized carbons (Fsp3) is 0.600. The summed E-state index contributed by atoms with van der Waals surface area (Å²) >= 11 is 0. The van der Waals surface area contributed by atoms with Gasteiger partial charge in [0.25, 0.3) is 0 Å². The van der Waals surface area contributed by atoms with Crippen molar-refractivity contribution in [3.63, 3.8) is 0 Å². The standard InChI is InChI=1S/C12H13N3O2.C3H8.ClH/c16-9-7-8(13-1-2-13)12(17)11(15-5-6-15)10(9)14-3-4-14;1-3-2;/h7H,1-6H2;3H2,1-2H3;1H. The van der Waals surface area contributed by atoms with E-state index in [1.54, 1.807) is 0 Å². The van der Waals surface area contributed by atoms with Crippen LogP contribution in [0.25, 0.3) is 0 Å². The molecule has 3 heterocycles. The highest BCUT2D eigenvalue weighted by Crippen LogP contribution is 2.33. The molecule has 0 radical (unpaired) electrons. The molecule has 0 amide bonds. The number of hydrogen-bond acceptors (Lipinski definition) is 5. The third kappa shape index (κ3) is 3.23. The highest BCUT2D eigenvalue weighted by Gasteiger charge is 2.43. The van der Waals surface area contributed by atoms with Crippen molar-refractivity contribution in [3.05, 3.63) is 23.2 Å². The fourth-order valence-electron chi connectivity index (χ4n) is 2.28. The minimum Gasteiger partial charge on any atom is -0.365 e. The Morgan fingerprint density at radius 3 is 1.71 bits per heavy atom. The second-order valence-corrected chi connectivity index (χ2v) is 5.59. The molecule has 0 saturated carbocycles. The lowest BCUT2D eigenvalue weighted by Gasteiger charge is -2.21. The number of rotatable bonds is 3. The summed E-state index contributed by atoms with van der Waals surface area (Å²) in [5.41, 5.74) is 1.89. The van der Waals surface area contributed by atoms with Gasteiger partial charge in [0.05, 0.1) is 5.70 Å². The number of carbonyl (C=O) groups excluding carboxylic acids is 2. The van der Waals surface area contributed by atoms with E-state index in [4.69, 9.17) is 0 Å². The molecular weight excluding hydrogens is 290 g/mol. The van der Waals surface area contributed by atoms with E-state index >= 15 is 0 Å². The lowest BCUT2D eigenvalue weighted by atomic mass is 10.0. The van der Waals surface area contributed by atoms with Gasteiger partial charge in [0, 0.05) is 45.3 Å². The third-order valence-corrected chi connectivity index (χ3v) is 3.49. The van der Waals surface area contributed by atoms with Crippen LogP contribution in [0.2, 0.25) is 0 Å². The normalized spacial score (nSPS) is 22.4. The van der Waals surface area contributed by atoms with Gasteiger partial charge in [0.2, 0.25) is 11.6 Å². The molecule has 5 nitrogen and oxygen atoms in total. The Morgan fingerprint density at radius 1 is 0.857 bits per heavy atom. The molecule has 0 aromatic rings. The topological polar surface area (TPSA) is 43.2 Å². The van der Waals surface area contributed by atoms with Gasteiger partial charge in [-0.15, -0.1) is 12.4 Å². The predicted octanol–water partition coefficient (Wildman–Crippen LogP) is 1.02. The maximum atomic E-state index is 12.4. The summed E-state index contributed by atoms with van der Waals surface area (Å²) in [6.07, 6.45) is 2.77. The monoisotopic (exact) mass is 311 g/mol. The molecule has 0 aromatic carbocycles. The van der Waals surface area contributed by atoms with Crippen LogP contribution in [0, 0.1) is 0 Å². The number of allylic oxidation sites excluding steroid dienone is 1. The molecule has 4 rings (SSSR count). The van der Waals surface area contributed by atoms with Crippen LogP contribution in [-0.4, -0.2) is 65.5 Å². The van der Waals surface area contributed by atoms with Gasteiger partial charge >= 0.3 is 0 Å². The highest BCUT2D eigenvalue weighted by molar-refractivity contribution is 6.22. The van der Waals surface area contributed by atoms with Crippen molar-refractivity contribution in [2.45, 2.75) is 20.3 Å². The van der Waals surface area contributed by atoms with Crippen LogP contribution in [-0.2, 0) is 9.59 Å². The van der Waals surface area contributed by atoms with E-state index in [1.165, 1.54) is 12.5 Å². The number of ketones is 2. The Morgan fingerprint density at radius 2 is 1.29 bits per heavy atom. The molecule has 3 fully saturated rings. The lowest BCUT2D eigenvalue weighted by molar-refractivity contribution is -0.117. The van der Waals surface area contributed by atoms with Crippen molar-refractivity contribution >= 4 is 24.0 Å². The molecular formula is C15H22ClN3O2. The quantitative estimate of drug-likeness (QED) is 0.575. The van der Waals surface area contributed by atoms with E-state index in [0.29, 0.717) is 17.1 Å². The van der Waals surface area contributed by atoms with Crippen LogP contribution in [0.1, 0.15) is 20.3 Å². The zero-order valence-electron chi connectivity index (χ0n) is 12.6. The first-order valence-electron chi connectivity index (χ1n) is 7.47. The number of nitrogens with zero attached hydrogens (tertiary/aromatic N) is 3. The Hall–Kier alpha value is -1.49. The summed E-state index contributed by atoms with van der Waals surface area (Å²) in [6.45, 7) is 9.66. The first-order valence-corrected chi connectivity index (χ1v) is 7.47. The van der Waals surface area contributed by atoms with E-state index in [-0.39, 0.29) is 24.0 Å². The summed E-state index contributed by atoms with van der Waals surface area (Å²) < 4.78 is 0. The maximum Gasteiger partial charge on any atom is 0.227 e. The van der Waals surface area contributed by atoms with Gasteiger partial charge in [-0.2, -0.15) is 0 Å². The van der Waals surface area contributed by atoms with Crippen molar-refractivity contribution in [2.75, 3.05) is 39.3 Å². The SMILES string of the molecule is CCC.Cl.O=C1C=C(N2CC2)C(=O)C(N2CC2)=C1N1CC1. The Bertz CT molecular complexity index is 515. The molecule has 0 spiro atoms. The van der Waals surface area contributed by atoms with Crippen LogP contribution in [0.5, 0.6) is 0 Å². The lowest BCUT2D eigenvalue weighted by Crippen LogP contribution is -2.29. The van der Waals surface area contributed by atoms with Gasteiger partial charge in [-0.25, -0.2) is 0 Å². The van der Waals surface area contributed by atoms with Crippen molar-refractivity contribution in [2.24, 2.45) is 0 Å². The molecule has 21 heavy (non-hydrogen) atoms. The van der Waals surface area contributed by atoms with Crippen molar-refractivity contribution in [3.8, 4) is 0 Å². The molecule has 116 valence electrons. The average molecular weight is 312 g/mol. The first-order chi connectivity index (χ1) is 9.67. The van der Waals surface area contributed by atoms with E-state index in [0.717, 1.165) is 39.3 Å². The maximum absolute atomic E-state index is 12.4. The van der Waals surface area contributed by atoms with Gasteiger partial charge in [-0.1, -0.05) is 20.3 Å². The minimum atomic E-state index is 0. The largest absolute Gasteiger partial charge is 0.365 e. The molecule has 4 aliphatic rings. The average Bonchev–Trinajstić information content (AvgIpc) is 3.28. The van der Waals surface area contributed by atoms with Crippen molar-refractivity contribution < 1.29 is 9.59 Å². The van der Waals surface area contributed by atoms with Gasteiger partial charge < -0.3 is 14.7 Å². The molecule has 0 aromatic heterocycles. The minimum absolute atomic E-state index is 0. The Kier molecular flexibility index (Phi) is 4.61. The molecule has 6 heteroatoms. The Labute approximate surface area is 131 Å². The molecule has 0 atom stereocenters. The van der Waals surface area contributed by atoms with Crippen LogP contribution in [0.3, 0.4) is 0 Å². The molecule has 0 unspecified atom stereocenters. The van der Waals surface area contributed by atoms with Crippen LogP contribution in [0.4, 0.5) is 0 Å². The molecule has 3 aliphatic heterocycles. The zero-order chi connectivity index (χ0) is 14.3. The van der Waals surface area contributed by atoms with Crippen LogP contribution >= 0.6 is 12.4 Å². The van der Waals surface area contributed by atoms with Crippen molar-refractivity contribution in [1.29, 1.82) is 0 Å². The molecule has 0 N–H and O–H groups in total. The summed E-state index contributed by atoms with van der Waals surface area (Å²) in [5.74, 6) is 0.0485. The summed E-state index contributed by atoms with van der Waals surface area (Å²) in [5, 5.41) is 0. The number of halogens is 1. The number of hydrogen-bond donors (Lipinski definition) is 0. The van der Waals surface area contributed by atoms with E-state index < -0.39 is 0 Å². The third-order valence-electron chi connectivity index (χ3n) is 3.49. The van der Waals surface area contributed by atoms with E-state index in [9.17, 15) is 9.59 Å². The Balaban J connectivity index is 0.000000375. The molecule has 0 bridgehead atoms. The number of Topliss-reactive ketones (excluding diaryl/α,β-unsaturated/α-hetero) is 1. The first kappa shape index (κ1) is 15.9. The van der Waals surface area contributed by atoms with Gasteiger partial charge in [0.1, 0.15) is 11.4 Å². The fourth-order valence-corrected chi connectivity index (χ4v) is 2.28. The van der Waals surface area contributed by atoms with Crippen LogP contribution in [0.15, 0.2) is 23.2 Å². The summed E-state index contributed by atoms with van der Waals surface area (Å²) in [6, 6.07) is 0. The zero-order valence-corrected chi connectivity index (χ0v) is 13.4. The van der Waals surface area contributed by atoms with Gasteiger partial charge in [0.15, 0.2) is 0 Å². The predicted molar refractivity (Wildman–Crippen MR) is 83.1 cm³/mol. The molecule has 1 aliphatic carbocycles. The molecule has 3 saturated heterocycles. The van der Waals surface area contributed by atoms with Gasteiger partial charge in [-0.05, 0) is 0 Å². The van der Waals surface area contributed by atoms with Crippen molar-refractivity contribution in [1.82, 2.24) is 14.7 Å². The second kappa shape index (κ2) is 6.10. The number of carbonyl (C=O) groups is 2. The van der Waals surface area contributed by atoms with Gasteiger partial charge in [-0.3, -0.25) is 9.59 Å². The summed E-state index contributed by atoms with van der Waals surface area (Å²) in [4.78, 5) is 30.5. The van der Waals surface area contributed by atoms with E-state index in [2.05, 4.69) is 13.8 Å². The van der Waals surface area contributed by atoms with E-state index in [1.807, 2.05) is 14.7 Å². The summed E-state index contributed by atoms with van der Waals surface area (Å²) in [7, 11) is 0. The highest BCUT2D eigenvalue weighted by atomic mass is 35.5. The smallest absolute Gasteiger partial charge is 0.227 e. The second-order valence-electron chi connectivity index (χ2n) is 5.59.